The Morgan fingerprint density at radius 3 is 1.63 bits per heavy atom. The molecule has 0 saturated carbocycles. The smallest absolute Gasteiger partial charge is 0.116 e. The molecule has 46 heavy (non-hydrogen) atoms. The summed E-state index contributed by atoms with van der Waals surface area (Å²) in [5.41, 5.74) is 7.05. The van der Waals surface area contributed by atoms with E-state index in [0.29, 0.717) is 5.56 Å². The highest BCUT2D eigenvalue weighted by molar-refractivity contribution is 6.35. The highest BCUT2D eigenvalue weighted by Gasteiger charge is 2.25. The van der Waals surface area contributed by atoms with Crippen LogP contribution in [0.4, 0.5) is 0 Å². The number of nitrogens with zero attached hydrogens (tertiary/aromatic N) is 7. The molecule has 11 rings (SSSR count). The molecule has 0 aliphatic rings. The van der Waals surface area contributed by atoms with E-state index in [9.17, 15) is 5.26 Å². The minimum atomic E-state index is 0.569. The number of fused-ring (bicyclic) bond motifs is 6. The number of hydrogen-bond donors (Lipinski definition) is 0. The standard InChI is InChI=1S/C39H19N7/c40-14-25-29(45-31-12-3-8-23-28-17-43-20-44-39(28)24-9-4-13-32(45)36(24)35(23)31)10-5-11-30(25)46-33-18-41-15-26-21-6-1-2-7-22(21)27-16-42-19-34(46)38(27)37(26)33/h1-13,15-20H. The summed E-state index contributed by atoms with van der Waals surface area (Å²) in [7, 11) is 0. The second kappa shape index (κ2) is 8.29. The number of rotatable bonds is 2. The van der Waals surface area contributed by atoms with Gasteiger partial charge in [0.1, 0.15) is 18.0 Å². The quantitative estimate of drug-likeness (QED) is 0.189. The van der Waals surface area contributed by atoms with Gasteiger partial charge in [0.15, 0.2) is 0 Å². The first-order valence-electron chi connectivity index (χ1n) is 15.1. The number of aromatic nitrogens is 6. The van der Waals surface area contributed by atoms with Crippen molar-refractivity contribution >= 4 is 86.8 Å². The molecule has 210 valence electrons. The Bertz CT molecular complexity index is 2730. The fraction of sp³-hybridized carbons (Fsp3) is 0. The maximum atomic E-state index is 11.0. The Morgan fingerprint density at radius 1 is 0.457 bits per heavy atom. The molecule has 0 saturated heterocycles. The van der Waals surface area contributed by atoms with Gasteiger partial charge >= 0.3 is 0 Å². The van der Waals surface area contributed by atoms with Gasteiger partial charge in [0.2, 0.25) is 0 Å². The van der Waals surface area contributed by atoms with E-state index >= 15 is 0 Å². The lowest BCUT2D eigenvalue weighted by Gasteiger charge is -2.15. The van der Waals surface area contributed by atoms with Crippen LogP contribution < -0.4 is 0 Å². The van der Waals surface area contributed by atoms with Gasteiger partial charge in [0.25, 0.3) is 0 Å². The Kier molecular flexibility index (Phi) is 4.28. The van der Waals surface area contributed by atoms with Crippen LogP contribution in [0.3, 0.4) is 0 Å². The second-order valence-corrected chi connectivity index (χ2v) is 11.8. The van der Waals surface area contributed by atoms with Crippen LogP contribution in [0.2, 0.25) is 0 Å². The first-order chi connectivity index (χ1) is 22.8. The lowest BCUT2D eigenvalue weighted by Crippen LogP contribution is -2.04. The molecular weight excluding hydrogens is 566 g/mol. The summed E-state index contributed by atoms with van der Waals surface area (Å²) in [6, 6.07) is 29.8. The second-order valence-electron chi connectivity index (χ2n) is 11.8. The minimum Gasteiger partial charge on any atom is -0.308 e. The third kappa shape index (κ3) is 2.69. The van der Waals surface area contributed by atoms with Gasteiger partial charge in [-0.05, 0) is 40.4 Å². The zero-order valence-electron chi connectivity index (χ0n) is 24.1. The molecule has 0 atom stereocenters. The number of pyridine rings is 2. The van der Waals surface area contributed by atoms with E-state index in [2.05, 4.69) is 80.9 Å². The van der Waals surface area contributed by atoms with Gasteiger partial charge in [0, 0.05) is 61.7 Å². The molecule has 7 heteroatoms. The molecule has 11 aromatic rings. The van der Waals surface area contributed by atoms with Crippen molar-refractivity contribution in [3.05, 3.63) is 122 Å². The molecule has 5 heterocycles. The third-order valence-electron chi connectivity index (χ3n) is 9.78. The molecule has 0 unspecified atom stereocenters. The first kappa shape index (κ1) is 23.8. The largest absolute Gasteiger partial charge is 0.308 e. The molecule has 5 aromatic heterocycles. The average molecular weight is 586 g/mol. The normalized spacial score (nSPS) is 12.3. The summed E-state index contributed by atoms with van der Waals surface area (Å²) >= 11 is 0. The van der Waals surface area contributed by atoms with Gasteiger partial charge in [-0.3, -0.25) is 9.97 Å². The van der Waals surface area contributed by atoms with Crippen LogP contribution in [0.15, 0.2) is 116 Å². The Morgan fingerprint density at radius 2 is 0.978 bits per heavy atom. The minimum absolute atomic E-state index is 0.569. The van der Waals surface area contributed by atoms with Crippen molar-refractivity contribution in [2.45, 2.75) is 0 Å². The van der Waals surface area contributed by atoms with Crippen LogP contribution in [-0.4, -0.2) is 29.1 Å². The van der Waals surface area contributed by atoms with Gasteiger partial charge < -0.3 is 9.13 Å². The fourth-order valence-corrected chi connectivity index (χ4v) is 8.06. The molecular formula is C39H19N7. The van der Waals surface area contributed by atoms with Crippen LogP contribution in [0, 0.1) is 11.3 Å². The molecule has 0 spiro atoms. The highest BCUT2D eigenvalue weighted by atomic mass is 15.0. The molecule has 0 radical (unpaired) electrons. The van der Waals surface area contributed by atoms with Crippen molar-refractivity contribution in [1.82, 2.24) is 29.1 Å². The van der Waals surface area contributed by atoms with Crippen molar-refractivity contribution in [1.29, 1.82) is 5.26 Å². The monoisotopic (exact) mass is 585 g/mol. The predicted octanol–water partition coefficient (Wildman–Crippen LogP) is 8.82. The summed E-state index contributed by atoms with van der Waals surface area (Å²) < 4.78 is 4.40. The summed E-state index contributed by atoms with van der Waals surface area (Å²) in [6.45, 7) is 0. The van der Waals surface area contributed by atoms with Gasteiger partial charge in [-0.1, -0.05) is 54.6 Å². The molecule has 0 aliphatic carbocycles. The number of nitriles is 1. The van der Waals surface area contributed by atoms with Crippen LogP contribution in [0.5, 0.6) is 0 Å². The maximum Gasteiger partial charge on any atom is 0.116 e. The molecule has 0 aliphatic heterocycles. The van der Waals surface area contributed by atoms with E-state index in [0.717, 1.165) is 98.2 Å². The van der Waals surface area contributed by atoms with E-state index in [1.807, 2.05) is 49.2 Å². The van der Waals surface area contributed by atoms with Crippen molar-refractivity contribution < 1.29 is 0 Å². The Hall–Kier alpha value is -6.65. The average Bonchev–Trinajstić information content (AvgIpc) is 3.64. The van der Waals surface area contributed by atoms with E-state index in [1.165, 1.54) is 0 Å². The Labute approximate surface area is 259 Å². The van der Waals surface area contributed by atoms with E-state index in [1.54, 1.807) is 6.33 Å². The molecule has 0 N–H and O–H groups in total. The van der Waals surface area contributed by atoms with E-state index in [-0.39, 0.29) is 0 Å². The van der Waals surface area contributed by atoms with Crippen LogP contribution in [0.25, 0.3) is 98.2 Å². The Balaban J connectivity index is 1.30. The van der Waals surface area contributed by atoms with Gasteiger partial charge in [-0.2, -0.15) is 5.26 Å². The van der Waals surface area contributed by atoms with Gasteiger partial charge in [0.05, 0.1) is 51.4 Å². The van der Waals surface area contributed by atoms with E-state index in [4.69, 9.17) is 15.0 Å². The van der Waals surface area contributed by atoms with Crippen molar-refractivity contribution in [2.24, 2.45) is 0 Å². The highest BCUT2D eigenvalue weighted by Crippen LogP contribution is 2.45. The lowest BCUT2D eigenvalue weighted by molar-refractivity contribution is 1.11. The van der Waals surface area contributed by atoms with Crippen molar-refractivity contribution in [3.8, 4) is 17.4 Å². The van der Waals surface area contributed by atoms with Crippen LogP contribution >= 0.6 is 0 Å². The number of hydrogen-bond acceptors (Lipinski definition) is 5. The molecule has 0 bridgehead atoms. The summed E-state index contributed by atoms with van der Waals surface area (Å²) in [6.07, 6.45) is 11.2. The molecule has 0 fully saturated rings. The molecule has 0 amide bonds. The van der Waals surface area contributed by atoms with Crippen LogP contribution in [-0.2, 0) is 0 Å². The first-order valence-corrected chi connectivity index (χ1v) is 15.1. The van der Waals surface area contributed by atoms with Crippen LogP contribution in [0.1, 0.15) is 5.56 Å². The zero-order chi connectivity index (χ0) is 30.1. The van der Waals surface area contributed by atoms with E-state index < -0.39 is 0 Å². The SMILES string of the molecule is N#Cc1c(-n2c3cncc4c5ccccc5c5cncc2c5c43)cccc1-n1c2cccc3c4cncnc4c4cccc1c4c32. The van der Waals surface area contributed by atoms with Crippen molar-refractivity contribution in [3.63, 3.8) is 0 Å². The third-order valence-corrected chi connectivity index (χ3v) is 9.78. The van der Waals surface area contributed by atoms with Gasteiger partial charge in [-0.15, -0.1) is 0 Å². The summed E-state index contributed by atoms with van der Waals surface area (Å²) in [5, 5.41) is 23.2. The lowest BCUT2D eigenvalue weighted by atomic mass is 9.97. The maximum absolute atomic E-state index is 11.0. The summed E-state index contributed by atoms with van der Waals surface area (Å²) in [4.78, 5) is 18.5. The zero-order valence-corrected chi connectivity index (χ0v) is 24.1. The molecule has 6 aromatic carbocycles. The predicted molar refractivity (Wildman–Crippen MR) is 183 cm³/mol. The topological polar surface area (TPSA) is 85.2 Å². The molecule has 7 nitrogen and oxygen atoms in total. The van der Waals surface area contributed by atoms with Crippen molar-refractivity contribution in [2.75, 3.05) is 0 Å². The number of benzene rings is 6. The fourth-order valence-electron chi connectivity index (χ4n) is 8.06. The van der Waals surface area contributed by atoms with Gasteiger partial charge in [-0.25, -0.2) is 9.97 Å². The summed E-state index contributed by atoms with van der Waals surface area (Å²) in [5.74, 6) is 0.